The number of ether oxygens (including phenoxy) is 1. The van der Waals surface area contributed by atoms with Crippen molar-refractivity contribution in [3.8, 4) is 0 Å². The second-order valence-electron chi connectivity index (χ2n) is 32.8. The van der Waals surface area contributed by atoms with Crippen LogP contribution < -0.4 is 0 Å². The molecule has 406 valence electrons. The Balaban J connectivity index is 0.000000293. The Labute approximate surface area is 433 Å². The van der Waals surface area contributed by atoms with Crippen LogP contribution >= 0.6 is 11.8 Å². The molecule has 0 amide bonds. The molecule has 1 aliphatic carbocycles. The Bertz CT molecular complexity index is 1350. The van der Waals surface area contributed by atoms with Gasteiger partial charge in [0, 0.05) is 82.1 Å². The van der Waals surface area contributed by atoms with E-state index in [0.29, 0.717) is 55.3 Å². The highest BCUT2D eigenvalue weighted by Gasteiger charge is 2.51. The summed E-state index contributed by atoms with van der Waals surface area (Å²) in [5, 5.41) is 0. The van der Waals surface area contributed by atoms with Gasteiger partial charge in [-0.05, 0) is 182 Å². The van der Waals surface area contributed by atoms with Crippen molar-refractivity contribution < 1.29 is 4.74 Å². The van der Waals surface area contributed by atoms with E-state index in [-0.39, 0.29) is 5.54 Å². The summed E-state index contributed by atoms with van der Waals surface area (Å²) in [5.41, 5.74) is 3.59. The Morgan fingerprint density at radius 2 is 0.794 bits per heavy atom. The summed E-state index contributed by atoms with van der Waals surface area (Å²) in [6.45, 7) is 74.4. The van der Waals surface area contributed by atoms with Crippen LogP contribution in [0.1, 0.15) is 259 Å². The van der Waals surface area contributed by atoms with Crippen molar-refractivity contribution in [1.29, 1.82) is 0 Å². The third-order valence-electron chi connectivity index (χ3n) is 16.3. The lowest BCUT2D eigenvalue weighted by molar-refractivity contribution is -0.0530. The minimum Gasteiger partial charge on any atom is -0.364 e. The Kier molecular flexibility index (Phi) is 22.0. The average molecular weight is 977 g/mol. The maximum atomic E-state index is 5.55. The lowest BCUT2D eigenvalue weighted by Crippen LogP contribution is -2.61. The van der Waals surface area contributed by atoms with Gasteiger partial charge in [-0.3, -0.25) is 24.5 Å². The third-order valence-corrected chi connectivity index (χ3v) is 17.4. The topological polar surface area (TPSA) is 25.4 Å². The molecular formula is C61H125N5OS. The van der Waals surface area contributed by atoms with E-state index < -0.39 is 0 Å². The first-order valence-corrected chi connectivity index (χ1v) is 29.3. The molecule has 0 N–H and O–H groups in total. The quantitative estimate of drug-likeness (QED) is 0.239. The average Bonchev–Trinajstić information content (AvgIpc) is 3.89. The molecule has 5 aliphatic heterocycles. The molecule has 1 saturated carbocycles. The Morgan fingerprint density at radius 3 is 1.12 bits per heavy atom. The first-order chi connectivity index (χ1) is 30.1. The van der Waals surface area contributed by atoms with Gasteiger partial charge in [0.05, 0.1) is 13.3 Å². The minimum absolute atomic E-state index is 0.217. The van der Waals surface area contributed by atoms with Gasteiger partial charge in [0.25, 0.3) is 0 Å². The van der Waals surface area contributed by atoms with Gasteiger partial charge in [-0.15, -0.1) is 11.8 Å². The van der Waals surface area contributed by atoms with Crippen molar-refractivity contribution in [3.63, 3.8) is 0 Å². The molecule has 5 saturated heterocycles. The van der Waals surface area contributed by atoms with Gasteiger partial charge in [-0.25, -0.2) is 0 Å². The third kappa shape index (κ3) is 18.8. The van der Waals surface area contributed by atoms with E-state index in [4.69, 9.17) is 4.74 Å². The highest BCUT2D eigenvalue weighted by molar-refractivity contribution is 7.99. The zero-order valence-electron chi connectivity index (χ0n) is 52.0. The van der Waals surface area contributed by atoms with E-state index in [9.17, 15) is 0 Å². The van der Waals surface area contributed by atoms with Gasteiger partial charge in [0.15, 0.2) is 0 Å². The molecule has 5 heterocycles. The Morgan fingerprint density at radius 1 is 0.368 bits per heavy atom. The van der Waals surface area contributed by atoms with Crippen molar-refractivity contribution in [3.05, 3.63) is 0 Å². The lowest BCUT2D eigenvalue weighted by atomic mass is 9.76. The van der Waals surface area contributed by atoms with Crippen molar-refractivity contribution >= 4 is 11.8 Å². The molecule has 0 aromatic rings. The first kappa shape index (κ1) is 64.2. The van der Waals surface area contributed by atoms with Crippen LogP contribution in [0.15, 0.2) is 0 Å². The van der Waals surface area contributed by atoms with E-state index in [1.807, 2.05) is 0 Å². The standard InChI is InChI=1S/C15H29N.C13H27N.C11H23NO.C11H23NS.C11H23N/c1-14(2,3)13-10-11-8-7-9-12(11)16(13)15(4,5)6;1-12(2,3)11-9-7-8-10-14(11)13(4,5)6;2*1-10(2,3)9-7-13-8-12(9)11(4,5)6;1-10(2,3)9-7-8-12(9)11(4,5)6/h11-13H,7-10H2,1-6H3;11H,7-10H2,1-6H3;2*9H,7-8H2,1-6H3;9H,7-8H2,1-6H3. The molecule has 7 heteroatoms. The van der Waals surface area contributed by atoms with Crippen LogP contribution in [-0.4, -0.2) is 127 Å². The van der Waals surface area contributed by atoms with Crippen LogP contribution in [0.3, 0.4) is 0 Å². The molecule has 68 heavy (non-hydrogen) atoms. The highest BCUT2D eigenvalue weighted by atomic mass is 32.2. The molecule has 6 rings (SSSR count). The van der Waals surface area contributed by atoms with Crippen LogP contribution in [0.4, 0.5) is 0 Å². The summed E-state index contributed by atoms with van der Waals surface area (Å²) in [7, 11) is 0. The molecule has 0 radical (unpaired) electrons. The summed E-state index contributed by atoms with van der Waals surface area (Å²) < 4.78 is 5.55. The van der Waals surface area contributed by atoms with Gasteiger partial charge in [-0.2, -0.15) is 0 Å². The van der Waals surface area contributed by atoms with E-state index in [0.717, 1.165) is 49.5 Å². The summed E-state index contributed by atoms with van der Waals surface area (Å²) in [5.74, 6) is 3.48. The molecule has 0 aromatic carbocycles. The van der Waals surface area contributed by atoms with Crippen LogP contribution in [0.2, 0.25) is 0 Å². The molecule has 7 atom stereocenters. The van der Waals surface area contributed by atoms with Gasteiger partial charge in [-0.1, -0.05) is 117 Å². The fourth-order valence-corrected chi connectivity index (χ4v) is 14.2. The lowest BCUT2D eigenvalue weighted by Gasteiger charge is -2.55. The van der Waals surface area contributed by atoms with E-state index in [1.54, 1.807) is 0 Å². The first-order valence-electron chi connectivity index (χ1n) is 28.1. The summed E-state index contributed by atoms with van der Waals surface area (Å²) in [6.07, 6.45) is 11.3. The molecule has 0 aromatic heterocycles. The highest BCUT2D eigenvalue weighted by Crippen LogP contribution is 2.49. The van der Waals surface area contributed by atoms with E-state index in [2.05, 4.69) is 244 Å². The molecule has 6 aliphatic rings. The molecule has 6 fully saturated rings. The van der Waals surface area contributed by atoms with Crippen molar-refractivity contribution in [2.45, 2.75) is 323 Å². The predicted molar refractivity (Wildman–Crippen MR) is 306 cm³/mol. The predicted octanol–water partition coefficient (Wildman–Crippen LogP) is 16.4. The molecular weight excluding hydrogens is 851 g/mol. The normalized spacial score (nSPS) is 29.1. The van der Waals surface area contributed by atoms with Crippen LogP contribution in [0.25, 0.3) is 0 Å². The maximum Gasteiger partial charge on any atom is 0.0998 e. The summed E-state index contributed by atoms with van der Waals surface area (Å²) in [6, 6.07) is 4.49. The minimum atomic E-state index is 0.217. The summed E-state index contributed by atoms with van der Waals surface area (Å²) in [4.78, 5) is 13.3. The van der Waals surface area contributed by atoms with Gasteiger partial charge in [0.2, 0.25) is 0 Å². The van der Waals surface area contributed by atoms with Crippen molar-refractivity contribution in [2.75, 3.05) is 38.1 Å². The van der Waals surface area contributed by atoms with Crippen molar-refractivity contribution in [1.82, 2.24) is 24.5 Å². The second kappa shape index (κ2) is 23.3. The number of fused-ring (bicyclic) bond motifs is 1. The Hall–Kier alpha value is 0.110. The molecule has 0 spiro atoms. The summed E-state index contributed by atoms with van der Waals surface area (Å²) >= 11 is 2.07. The van der Waals surface area contributed by atoms with Crippen molar-refractivity contribution in [2.24, 2.45) is 33.0 Å². The fourth-order valence-electron chi connectivity index (χ4n) is 12.4. The zero-order chi connectivity index (χ0) is 53.2. The van der Waals surface area contributed by atoms with E-state index >= 15 is 0 Å². The zero-order valence-corrected chi connectivity index (χ0v) is 52.8. The number of thioether (sulfide) groups is 1. The smallest absolute Gasteiger partial charge is 0.0998 e. The monoisotopic (exact) mass is 976 g/mol. The fraction of sp³-hybridized carbons (Fsp3) is 1.00. The molecule has 6 nitrogen and oxygen atoms in total. The number of nitrogens with zero attached hydrogens (tertiary/aromatic N) is 5. The van der Waals surface area contributed by atoms with E-state index in [1.165, 1.54) is 76.1 Å². The SMILES string of the molecule is CC(C)(C)C1CC2CCCC2N1C(C)(C)C.CC(C)(C)C1CCCCN1C(C)(C)C.CC(C)(C)C1CCN1C(C)(C)C.CC(C)(C)C1COCN1C(C)(C)C.CC(C)(C)C1CSCN1C(C)(C)C. The van der Waals surface area contributed by atoms with Crippen LogP contribution in [0, 0.1) is 33.0 Å². The second-order valence-corrected chi connectivity index (χ2v) is 33.8. The van der Waals surface area contributed by atoms with Gasteiger partial charge < -0.3 is 4.74 Å². The number of likely N-dealkylation sites (tertiary alicyclic amines) is 3. The maximum absolute atomic E-state index is 5.55. The number of piperidine rings is 1. The van der Waals surface area contributed by atoms with Gasteiger partial charge >= 0.3 is 0 Å². The molecule has 0 bridgehead atoms. The number of hydrogen-bond acceptors (Lipinski definition) is 7. The number of rotatable bonds is 0. The number of hydrogen-bond donors (Lipinski definition) is 0. The van der Waals surface area contributed by atoms with Crippen LogP contribution in [0.5, 0.6) is 0 Å². The van der Waals surface area contributed by atoms with Gasteiger partial charge in [0.1, 0.15) is 0 Å². The van der Waals surface area contributed by atoms with Crippen LogP contribution in [-0.2, 0) is 4.74 Å². The molecule has 7 unspecified atom stereocenters. The largest absolute Gasteiger partial charge is 0.364 e.